The maximum Gasteiger partial charge on any atom is 0.130 e. The molecular formula is C17H14N4O. The number of nitrogens with zero attached hydrogens (tertiary/aromatic N) is 4. The van der Waals surface area contributed by atoms with Gasteiger partial charge in [-0.15, -0.1) is 0 Å². The van der Waals surface area contributed by atoms with Crippen molar-refractivity contribution in [1.82, 2.24) is 4.98 Å². The van der Waals surface area contributed by atoms with E-state index in [1.807, 2.05) is 54.6 Å². The second kappa shape index (κ2) is 6.61. The van der Waals surface area contributed by atoms with Gasteiger partial charge in [-0.05, 0) is 34.9 Å². The van der Waals surface area contributed by atoms with Crippen LogP contribution in [0.25, 0.3) is 21.3 Å². The first-order valence-electron chi connectivity index (χ1n) is 6.92. The highest BCUT2D eigenvalue weighted by molar-refractivity contribution is 5.85. The number of fused-ring (bicyclic) bond motifs is 1. The molecule has 22 heavy (non-hydrogen) atoms. The largest absolute Gasteiger partial charge is 0.488 e. The molecule has 3 rings (SSSR count). The van der Waals surface area contributed by atoms with E-state index in [0.29, 0.717) is 13.2 Å². The van der Waals surface area contributed by atoms with Gasteiger partial charge in [0.15, 0.2) is 0 Å². The van der Waals surface area contributed by atoms with Crippen LogP contribution in [0.3, 0.4) is 0 Å². The van der Waals surface area contributed by atoms with E-state index in [0.717, 1.165) is 27.8 Å². The van der Waals surface area contributed by atoms with Gasteiger partial charge in [0.1, 0.15) is 12.4 Å². The normalized spacial score (nSPS) is 10.2. The van der Waals surface area contributed by atoms with Gasteiger partial charge in [0.2, 0.25) is 0 Å². The Morgan fingerprint density at radius 1 is 1.05 bits per heavy atom. The van der Waals surface area contributed by atoms with E-state index in [2.05, 4.69) is 15.0 Å². The molecule has 3 aromatic rings. The molecule has 1 aromatic heterocycles. The summed E-state index contributed by atoms with van der Waals surface area (Å²) in [7, 11) is 0. The van der Waals surface area contributed by atoms with Gasteiger partial charge >= 0.3 is 0 Å². The van der Waals surface area contributed by atoms with E-state index < -0.39 is 0 Å². The highest BCUT2D eigenvalue weighted by Gasteiger charge is 2.05. The average molecular weight is 290 g/mol. The lowest BCUT2D eigenvalue weighted by atomic mass is 10.1. The molecule has 2 aromatic carbocycles. The number of benzene rings is 2. The minimum absolute atomic E-state index is 0.319. The fraction of sp³-hybridized carbons (Fsp3) is 0.118. The van der Waals surface area contributed by atoms with Crippen molar-refractivity contribution < 1.29 is 4.74 Å². The van der Waals surface area contributed by atoms with Gasteiger partial charge in [0, 0.05) is 16.5 Å². The summed E-state index contributed by atoms with van der Waals surface area (Å²) < 4.78 is 5.92. The first-order chi connectivity index (χ1) is 10.9. The van der Waals surface area contributed by atoms with Crippen LogP contribution in [0.2, 0.25) is 0 Å². The Balaban J connectivity index is 1.89. The van der Waals surface area contributed by atoms with Crippen molar-refractivity contribution in [3.8, 4) is 5.75 Å². The van der Waals surface area contributed by atoms with Crippen LogP contribution in [-0.2, 0) is 13.2 Å². The van der Waals surface area contributed by atoms with Crippen LogP contribution in [0.4, 0.5) is 0 Å². The van der Waals surface area contributed by atoms with Gasteiger partial charge in [-0.25, -0.2) is 0 Å². The fourth-order valence-electron chi connectivity index (χ4n) is 2.24. The van der Waals surface area contributed by atoms with Crippen molar-refractivity contribution in [3.05, 3.63) is 82.4 Å². The van der Waals surface area contributed by atoms with Crippen LogP contribution in [0.15, 0.2) is 65.9 Å². The second-order valence-corrected chi connectivity index (χ2v) is 4.82. The summed E-state index contributed by atoms with van der Waals surface area (Å²) in [6.07, 6.45) is 1.73. The van der Waals surface area contributed by atoms with Crippen LogP contribution in [0.1, 0.15) is 11.1 Å². The maximum atomic E-state index is 8.43. The fourth-order valence-corrected chi connectivity index (χ4v) is 2.24. The molecule has 108 valence electrons. The SMILES string of the molecule is [N-]=[N+]=NCc1ccc2nccc(OCc3ccccc3)c2c1. The van der Waals surface area contributed by atoms with Crippen LogP contribution < -0.4 is 4.74 Å². The Morgan fingerprint density at radius 2 is 1.91 bits per heavy atom. The summed E-state index contributed by atoms with van der Waals surface area (Å²) in [5, 5.41) is 4.51. The van der Waals surface area contributed by atoms with Crippen LogP contribution in [0, 0.1) is 0 Å². The summed E-state index contributed by atoms with van der Waals surface area (Å²) in [6.45, 7) is 0.819. The van der Waals surface area contributed by atoms with Gasteiger partial charge < -0.3 is 4.74 Å². The second-order valence-electron chi connectivity index (χ2n) is 4.82. The van der Waals surface area contributed by atoms with Crippen molar-refractivity contribution >= 4 is 10.9 Å². The Labute approximate surface area is 127 Å². The average Bonchev–Trinajstić information content (AvgIpc) is 2.59. The molecule has 0 aliphatic carbocycles. The zero-order valence-corrected chi connectivity index (χ0v) is 11.9. The number of aromatic nitrogens is 1. The lowest BCUT2D eigenvalue weighted by Crippen LogP contribution is -1.96. The predicted molar refractivity (Wildman–Crippen MR) is 85.4 cm³/mol. The summed E-state index contributed by atoms with van der Waals surface area (Å²) in [5.74, 6) is 0.775. The molecule has 0 amide bonds. The lowest BCUT2D eigenvalue weighted by molar-refractivity contribution is 0.310. The van der Waals surface area contributed by atoms with E-state index in [4.69, 9.17) is 10.3 Å². The monoisotopic (exact) mass is 290 g/mol. The molecule has 0 spiro atoms. The highest BCUT2D eigenvalue weighted by Crippen LogP contribution is 2.26. The smallest absolute Gasteiger partial charge is 0.130 e. The Kier molecular flexibility index (Phi) is 4.18. The van der Waals surface area contributed by atoms with Crippen molar-refractivity contribution in [3.63, 3.8) is 0 Å². The minimum atomic E-state index is 0.319. The van der Waals surface area contributed by atoms with Gasteiger partial charge in [-0.3, -0.25) is 4.98 Å². The van der Waals surface area contributed by atoms with Crippen molar-refractivity contribution in [1.29, 1.82) is 0 Å². The molecule has 5 heteroatoms. The molecule has 5 nitrogen and oxygen atoms in total. The number of ether oxygens (including phenoxy) is 1. The van der Waals surface area contributed by atoms with Crippen LogP contribution >= 0.6 is 0 Å². The van der Waals surface area contributed by atoms with E-state index in [9.17, 15) is 0 Å². The van der Waals surface area contributed by atoms with E-state index in [-0.39, 0.29) is 0 Å². The first-order valence-corrected chi connectivity index (χ1v) is 6.92. The summed E-state index contributed by atoms with van der Waals surface area (Å²) >= 11 is 0. The maximum absolute atomic E-state index is 8.43. The Hall–Kier alpha value is -3.04. The molecule has 0 aliphatic rings. The molecule has 0 atom stereocenters. The Bertz CT molecular complexity index is 826. The molecule has 0 aliphatic heterocycles. The minimum Gasteiger partial charge on any atom is -0.488 e. The molecule has 0 unspecified atom stereocenters. The summed E-state index contributed by atoms with van der Waals surface area (Å²) in [5.41, 5.74) is 11.3. The van der Waals surface area contributed by atoms with Crippen molar-refractivity contribution in [2.45, 2.75) is 13.2 Å². The number of hydrogen-bond donors (Lipinski definition) is 0. The number of hydrogen-bond acceptors (Lipinski definition) is 3. The molecule has 0 saturated heterocycles. The van der Waals surface area contributed by atoms with E-state index >= 15 is 0 Å². The first kappa shape index (κ1) is 13.9. The third-order valence-electron chi connectivity index (χ3n) is 3.32. The summed E-state index contributed by atoms with van der Waals surface area (Å²) in [6, 6.07) is 17.6. The third-order valence-corrected chi connectivity index (χ3v) is 3.32. The number of pyridine rings is 1. The predicted octanol–water partition coefficient (Wildman–Crippen LogP) is 4.62. The Morgan fingerprint density at radius 3 is 2.73 bits per heavy atom. The molecule has 0 fully saturated rings. The molecule has 0 radical (unpaired) electrons. The number of azide groups is 1. The van der Waals surface area contributed by atoms with Gasteiger partial charge in [0.25, 0.3) is 0 Å². The van der Waals surface area contributed by atoms with Crippen molar-refractivity contribution in [2.24, 2.45) is 5.11 Å². The number of rotatable bonds is 5. The van der Waals surface area contributed by atoms with E-state index in [1.165, 1.54) is 0 Å². The van der Waals surface area contributed by atoms with Gasteiger partial charge in [-0.1, -0.05) is 41.5 Å². The third kappa shape index (κ3) is 3.16. The molecule has 0 N–H and O–H groups in total. The van der Waals surface area contributed by atoms with Gasteiger partial charge in [-0.2, -0.15) is 0 Å². The van der Waals surface area contributed by atoms with Gasteiger partial charge in [0.05, 0.1) is 12.1 Å². The standard InChI is InChI=1S/C17H14N4O/c18-21-20-11-14-6-7-16-15(10-14)17(8-9-19-16)22-12-13-4-2-1-3-5-13/h1-10H,11-12H2. The topological polar surface area (TPSA) is 70.9 Å². The molecule has 1 heterocycles. The zero-order valence-electron chi connectivity index (χ0n) is 11.9. The molecule has 0 bridgehead atoms. The highest BCUT2D eigenvalue weighted by atomic mass is 16.5. The van der Waals surface area contributed by atoms with E-state index in [1.54, 1.807) is 6.20 Å². The lowest BCUT2D eigenvalue weighted by Gasteiger charge is -2.10. The van der Waals surface area contributed by atoms with Crippen LogP contribution in [-0.4, -0.2) is 4.98 Å². The molecule has 0 saturated carbocycles. The van der Waals surface area contributed by atoms with Crippen LogP contribution in [0.5, 0.6) is 5.75 Å². The molecular weight excluding hydrogens is 276 g/mol. The summed E-state index contributed by atoms with van der Waals surface area (Å²) in [4.78, 5) is 7.12. The zero-order chi connectivity index (χ0) is 15.2. The van der Waals surface area contributed by atoms with Crippen molar-refractivity contribution in [2.75, 3.05) is 0 Å². The quantitative estimate of drug-likeness (QED) is 0.390.